The topological polar surface area (TPSA) is 21.3 Å². The maximum Gasteiger partial charge on any atom is 0.119 e. The highest BCUT2D eigenvalue weighted by atomic mass is 16.5. The minimum absolute atomic E-state index is 0.682. The molecule has 1 saturated carbocycles. The molecule has 1 aromatic rings. The van der Waals surface area contributed by atoms with Crippen molar-refractivity contribution >= 4 is 0 Å². The molecule has 0 spiro atoms. The molecule has 0 aromatic heterocycles. The van der Waals surface area contributed by atoms with Gasteiger partial charge in [-0.15, -0.1) is 12.3 Å². The van der Waals surface area contributed by atoms with Gasteiger partial charge >= 0.3 is 0 Å². The van der Waals surface area contributed by atoms with Crippen molar-refractivity contribution < 1.29 is 4.74 Å². The summed E-state index contributed by atoms with van der Waals surface area (Å²) in [6, 6.07) is 9.13. The van der Waals surface area contributed by atoms with Crippen LogP contribution < -0.4 is 10.1 Å². The molecule has 1 fully saturated rings. The first-order valence-electron chi connectivity index (χ1n) is 7.14. The van der Waals surface area contributed by atoms with Crippen molar-refractivity contribution in [1.29, 1.82) is 0 Å². The van der Waals surface area contributed by atoms with E-state index in [1.807, 2.05) is 6.07 Å². The molecule has 0 heterocycles. The number of ether oxygens (including phenoxy) is 1. The third-order valence-electron chi connectivity index (χ3n) is 3.88. The zero-order valence-electron chi connectivity index (χ0n) is 11.7. The van der Waals surface area contributed by atoms with Crippen LogP contribution >= 0.6 is 0 Å². The highest BCUT2D eigenvalue weighted by Gasteiger charge is 2.29. The van der Waals surface area contributed by atoms with Crippen LogP contribution in [0.2, 0.25) is 0 Å². The predicted molar refractivity (Wildman–Crippen MR) is 79.4 cm³/mol. The van der Waals surface area contributed by atoms with Gasteiger partial charge in [0.25, 0.3) is 0 Å². The first-order valence-corrected chi connectivity index (χ1v) is 7.14. The fourth-order valence-corrected chi connectivity index (χ4v) is 2.61. The van der Waals surface area contributed by atoms with E-state index in [0.717, 1.165) is 25.1 Å². The molecule has 0 bridgehead atoms. The number of terminal acetylenes is 1. The highest BCUT2D eigenvalue weighted by Crippen LogP contribution is 2.37. The van der Waals surface area contributed by atoms with Crippen LogP contribution in [0.3, 0.4) is 0 Å². The van der Waals surface area contributed by atoms with E-state index in [2.05, 4.69) is 29.4 Å². The zero-order chi connectivity index (χ0) is 13.5. The molecule has 102 valence electrons. The number of unbranched alkanes of at least 4 members (excludes halogenated alkanes) is 2. The number of hydrogen-bond acceptors (Lipinski definition) is 2. The van der Waals surface area contributed by atoms with Crippen molar-refractivity contribution in [2.75, 3.05) is 13.7 Å². The quantitative estimate of drug-likeness (QED) is 0.597. The molecule has 0 amide bonds. The number of nitrogens with one attached hydrogen (secondary N) is 1. The molecule has 2 rings (SSSR count). The normalized spacial score (nSPS) is 21.5. The van der Waals surface area contributed by atoms with E-state index in [-0.39, 0.29) is 0 Å². The molecule has 0 atom stereocenters. The molecule has 0 radical (unpaired) electrons. The minimum Gasteiger partial charge on any atom is -0.497 e. The number of methoxy groups -OCH3 is 1. The molecular weight excluding hydrogens is 234 g/mol. The molecule has 2 nitrogen and oxygen atoms in total. The van der Waals surface area contributed by atoms with E-state index in [0.29, 0.717) is 12.0 Å². The van der Waals surface area contributed by atoms with Crippen LogP contribution in [0.25, 0.3) is 0 Å². The summed E-state index contributed by atoms with van der Waals surface area (Å²) in [5.41, 5.74) is 1.41. The monoisotopic (exact) mass is 257 g/mol. The maximum absolute atomic E-state index is 5.27. The Kier molecular flexibility index (Phi) is 5.30. The number of rotatable bonds is 7. The highest BCUT2D eigenvalue weighted by molar-refractivity contribution is 5.32. The Balaban J connectivity index is 1.67. The molecule has 1 aliphatic carbocycles. The second kappa shape index (κ2) is 7.21. The van der Waals surface area contributed by atoms with Crippen LogP contribution in [-0.4, -0.2) is 19.7 Å². The van der Waals surface area contributed by atoms with Crippen molar-refractivity contribution in [1.82, 2.24) is 5.32 Å². The predicted octanol–water partition coefficient (Wildman–Crippen LogP) is 3.33. The Morgan fingerprint density at radius 1 is 1.37 bits per heavy atom. The molecule has 0 aliphatic heterocycles. The summed E-state index contributed by atoms with van der Waals surface area (Å²) in [6.07, 6.45) is 10.9. The van der Waals surface area contributed by atoms with Gasteiger partial charge in [-0.1, -0.05) is 12.1 Å². The first-order chi connectivity index (χ1) is 9.33. The zero-order valence-corrected chi connectivity index (χ0v) is 11.7. The third-order valence-corrected chi connectivity index (χ3v) is 3.88. The van der Waals surface area contributed by atoms with E-state index >= 15 is 0 Å². The van der Waals surface area contributed by atoms with Gasteiger partial charge in [0, 0.05) is 12.5 Å². The van der Waals surface area contributed by atoms with Gasteiger partial charge < -0.3 is 10.1 Å². The molecule has 0 unspecified atom stereocenters. The molecular formula is C17H23NO. The summed E-state index contributed by atoms with van der Waals surface area (Å²) >= 11 is 0. The van der Waals surface area contributed by atoms with Gasteiger partial charge in [0.05, 0.1) is 7.11 Å². The lowest BCUT2D eigenvalue weighted by molar-refractivity contribution is 0.289. The van der Waals surface area contributed by atoms with Crippen LogP contribution in [0.5, 0.6) is 5.75 Å². The summed E-state index contributed by atoms with van der Waals surface area (Å²) in [4.78, 5) is 0. The minimum atomic E-state index is 0.682. The first kappa shape index (κ1) is 14.0. The second-order valence-electron chi connectivity index (χ2n) is 5.26. The van der Waals surface area contributed by atoms with E-state index in [4.69, 9.17) is 11.2 Å². The lowest BCUT2D eigenvalue weighted by Crippen LogP contribution is -2.40. The van der Waals surface area contributed by atoms with E-state index < -0.39 is 0 Å². The maximum atomic E-state index is 5.27. The largest absolute Gasteiger partial charge is 0.497 e. The van der Waals surface area contributed by atoms with Crippen LogP contribution in [0, 0.1) is 12.3 Å². The van der Waals surface area contributed by atoms with Crippen molar-refractivity contribution in [3.05, 3.63) is 29.8 Å². The summed E-state index contributed by atoms with van der Waals surface area (Å²) in [5, 5.41) is 3.61. The van der Waals surface area contributed by atoms with Crippen molar-refractivity contribution in [3.8, 4) is 18.1 Å². The Labute approximate surface area is 116 Å². The Morgan fingerprint density at radius 2 is 2.21 bits per heavy atom. The van der Waals surface area contributed by atoms with E-state index in [9.17, 15) is 0 Å². The summed E-state index contributed by atoms with van der Waals surface area (Å²) < 4.78 is 5.27. The van der Waals surface area contributed by atoms with Gasteiger partial charge in [-0.2, -0.15) is 0 Å². The lowest BCUT2D eigenvalue weighted by atomic mass is 9.76. The fraction of sp³-hybridized carbons (Fsp3) is 0.529. The van der Waals surface area contributed by atoms with E-state index in [1.165, 1.54) is 24.8 Å². The Morgan fingerprint density at radius 3 is 2.95 bits per heavy atom. The Bertz CT molecular complexity index is 429. The molecule has 1 N–H and O–H groups in total. The van der Waals surface area contributed by atoms with Crippen LogP contribution in [0.15, 0.2) is 24.3 Å². The van der Waals surface area contributed by atoms with Crippen molar-refractivity contribution in [3.63, 3.8) is 0 Å². The Hall–Kier alpha value is -1.46. The van der Waals surface area contributed by atoms with Gasteiger partial charge in [0.2, 0.25) is 0 Å². The van der Waals surface area contributed by atoms with Gasteiger partial charge in [-0.25, -0.2) is 0 Å². The van der Waals surface area contributed by atoms with Gasteiger partial charge in [0.15, 0.2) is 0 Å². The fourth-order valence-electron chi connectivity index (χ4n) is 2.61. The van der Waals surface area contributed by atoms with E-state index in [1.54, 1.807) is 7.11 Å². The molecule has 19 heavy (non-hydrogen) atoms. The van der Waals surface area contributed by atoms with Gasteiger partial charge in [-0.05, 0) is 55.8 Å². The van der Waals surface area contributed by atoms with Gasteiger partial charge in [0.1, 0.15) is 5.75 Å². The SMILES string of the molecule is C#CCCCCNC1CC(c2cccc(OC)c2)C1. The van der Waals surface area contributed by atoms with Crippen LogP contribution in [0.1, 0.15) is 43.6 Å². The van der Waals surface area contributed by atoms with Crippen molar-refractivity contribution in [2.45, 2.75) is 44.1 Å². The smallest absolute Gasteiger partial charge is 0.119 e. The third kappa shape index (κ3) is 4.01. The average molecular weight is 257 g/mol. The second-order valence-corrected chi connectivity index (χ2v) is 5.26. The summed E-state index contributed by atoms with van der Waals surface area (Å²) in [5.74, 6) is 4.34. The average Bonchev–Trinajstić information content (AvgIpc) is 2.40. The standard InChI is InChI=1S/C17H23NO/c1-3-4-5-6-10-18-16-11-15(12-16)14-8-7-9-17(13-14)19-2/h1,7-9,13,15-16,18H,4-6,10-12H2,2H3. The molecule has 1 aliphatic rings. The number of benzene rings is 1. The lowest BCUT2D eigenvalue weighted by Gasteiger charge is -2.36. The molecule has 2 heteroatoms. The summed E-state index contributed by atoms with van der Waals surface area (Å²) in [6.45, 7) is 1.09. The van der Waals surface area contributed by atoms with Crippen LogP contribution in [0.4, 0.5) is 0 Å². The van der Waals surface area contributed by atoms with Crippen LogP contribution in [-0.2, 0) is 0 Å². The van der Waals surface area contributed by atoms with Crippen molar-refractivity contribution in [2.24, 2.45) is 0 Å². The molecule has 0 saturated heterocycles. The number of hydrogen-bond donors (Lipinski definition) is 1. The molecule has 1 aromatic carbocycles. The van der Waals surface area contributed by atoms with Gasteiger partial charge in [-0.3, -0.25) is 0 Å². The summed E-state index contributed by atoms with van der Waals surface area (Å²) in [7, 11) is 1.72.